The van der Waals surface area contributed by atoms with Gasteiger partial charge in [0.15, 0.2) is 0 Å². The monoisotopic (exact) mass is 309 g/mol. The van der Waals surface area contributed by atoms with Crippen LogP contribution in [0, 0.1) is 0 Å². The second-order valence-electron chi connectivity index (χ2n) is 5.49. The lowest BCUT2D eigenvalue weighted by Gasteiger charge is -2.26. The van der Waals surface area contributed by atoms with Crippen molar-refractivity contribution >= 4 is 23.2 Å². The first kappa shape index (κ1) is 16.0. The molecular formula is C15H23N3O2S. The summed E-state index contributed by atoms with van der Waals surface area (Å²) in [5.74, 6) is -0.395. The van der Waals surface area contributed by atoms with E-state index in [0.717, 1.165) is 19.3 Å². The predicted molar refractivity (Wildman–Crippen MR) is 84.1 cm³/mol. The number of hydrogen-bond donors (Lipinski definition) is 2. The molecule has 0 radical (unpaired) electrons. The van der Waals surface area contributed by atoms with Crippen molar-refractivity contribution in [2.24, 2.45) is 5.73 Å². The van der Waals surface area contributed by atoms with Crippen LogP contribution in [-0.2, 0) is 16.0 Å². The molecule has 1 fully saturated rings. The van der Waals surface area contributed by atoms with E-state index in [9.17, 15) is 9.59 Å². The van der Waals surface area contributed by atoms with Gasteiger partial charge in [-0.2, -0.15) is 0 Å². The van der Waals surface area contributed by atoms with Gasteiger partial charge >= 0.3 is 0 Å². The number of hydrogen-bond acceptors (Lipinski definition) is 4. The number of nitrogens with one attached hydrogen (secondary N) is 1. The van der Waals surface area contributed by atoms with E-state index in [4.69, 9.17) is 5.73 Å². The van der Waals surface area contributed by atoms with Gasteiger partial charge in [-0.05, 0) is 30.7 Å². The molecule has 3 N–H and O–H groups in total. The summed E-state index contributed by atoms with van der Waals surface area (Å²) in [5, 5.41) is 4.96. The quantitative estimate of drug-likeness (QED) is 0.756. The second-order valence-corrected chi connectivity index (χ2v) is 6.52. The molecule has 6 heteroatoms. The summed E-state index contributed by atoms with van der Waals surface area (Å²) >= 11 is 1.69. The van der Waals surface area contributed by atoms with Crippen molar-refractivity contribution in [3.63, 3.8) is 0 Å². The first-order valence-electron chi connectivity index (χ1n) is 7.46. The van der Waals surface area contributed by atoms with Crippen molar-refractivity contribution in [1.29, 1.82) is 0 Å². The largest absolute Gasteiger partial charge is 0.369 e. The van der Waals surface area contributed by atoms with Crippen LogP contribution in [-0.4, -0.2) is 42.4 Å². The zero-order valence-electron chi connectivity index (χ0n) is 12.2. The third-order valence-corrected chi connectivity index (χ3v) is 4.76. The maximum atomic E-state index is 12.0. The van der Waals surface area contributed by atoms with Crippen molar-refractivity contribution < 1.29 is 9.59 Å². The van der Waals surface area contributed by atoms with E-state index in [1.165, 1.54) is 17.7 Å². The van der Waals surface area contributed by atoms with Crippen molar-refractivity contribution in [1.82, 2.24) is 10.2 Å². The fourth-order valence-electron chi connectivity index (χ4n) is 2.80. The molecule has 0 unspecified atom stereocenters. The van der Waals surface area contributed by atoms with Crippen LogP contribution in [0.25, 0.3) is 0 Å². The van der Waals surface area contributed by atoms with Crippen LogP contribution in [0.1, 0.15) is 30.6 Å². The number of thiophene rings is 1. The summed E-state index contributed by atoms with van der Waals surface area (Å²) in [6.45, 7) is 1.06. The van der Waals surface area contributed by atoms with E-state index in [1.54, 1.807) is 11.3 Å². The molecule has 0 aliphatic heterocycles. The van der Waals surface area contributed by atoms with Crippen molar-refractivity contribution in [3.8, 4) is 0 Å². The fraction of sp³-hybridized carbons (Fsp3) is 0.600. The molecule has 0 aromatic carbocycles. The maximum Gasteiger partial charge on any atom is 0.234 e. The van der Waals surface area contributed by atoms with Gasteiger partial charge in [-0.1, -0.05) is 18.9 Å². The number of carbonyl (C=O) groups is 2. The summed E-state index contributed by atoms with van der Waals surface area (Å²) < 4.78 is 0. The zero-order valence-corrected chi connectivity index (χ0v) is 13.0. The summed E-state index contributed by atoms with van der Waals surface area (Å²) in [4.78, 5) is 26.4. The molecule has 1 aromatic rings. The minimum Gasteiger partial charge on any atom is -0.369 e. The van der Waals surface area contributed by atoms with Crippen molar-refractivity contribution in [2.45, 2.75) is 38.1 Å². The first-order valence-corrected chi connectivity index (χ1v) is 8.34. The molecule has 0 spiro atoms. The summed E-state index contributed by atoms with van der Waals surface area (Å²) in [7, 11) is 0. The highest BCUT2D eigenvalue weighted by Crippen LogP contribution is 2.22. The van der Waals surface area contributed by atoms with Gasteiger partial charge in [-0.15, -0.1) is 11.3 Å². The van der Waals surface area contributed by atoms with Gasteiger partial charge in [-0.3, -0.25) is 14.5 Å². The number of nitrogens with two attached hydrogens (primary N) is 1. The molecule has 0 atom stereocenters. The Bertz CT molecular complexity index is 455. The Balaban J connectivity index is 1.75. The normalized spacial score (nSPS) is 15.5. The number of nitrogens with zero attached hydrogens (tertiary/aromatic N) is 1. The highest BCUT2D eigenvalue weighted by molar-refractivity contribution is 7.09. The fourth-order valence-corrected chi connectivity index (χ4v) is 3.51. The van der Waals surface area contributed by atoms with Crippen LogP contribution in [0.15, 0.2) is 17.5 Å². The van der Waals surface area contributed by atoms with Crippen molar-refractivity contribution in [3.05, 3.63) is 22.4 Å². The van der Waals surface area contributed by atoms with Crippen molar-refractivity contribution in [2.75, 3.05) is 19.6 Å². The van der Waals surface area contributed by atoms with Gasteiger partial charge in [0, 0.05) is 17.5 Å². The van der Waals surface area contributed by atoms with Crippen LogP contribution >= 0.6 is 11.3 Å². The maximum absolute atomic E-state index is 12.0. The minimum absolute atomic E-state index is 0.0280. The Hall–Kier alpha value is -1.40. The lowest BCUT2D eigenvalue weighted by molar-refractivity contribution is -0.124. The van der Waals surface area contributed by atoms with Gasteiger partial charge in [0.25, 0.3) is 0 Å². The molecule has 1 aliphatic carbocycles. The third-order valence-electron chi connectivity index (χ3n) is 3.82. The molecule has 1 aliphatic rings. The van der Waals surface area contributed by atoms with E-state index in [1.807, 2.05) is 16.3 Å². The van der Waals surface area contributed by atoms with Crippen LogP contribution in [0.4, 0.5) is 0 Å². The van der Waals surface area contributed by atoms with Gasteiger partial charge in [0.2, 0.25) is 11.8 Å². The lowest BCUT2D eigenvalue weighted by Crippen LogP contribution is -2.46. The Morgan fingerprint density at radius 2 is 2.10 bits per heavy atom. The standard InChI is InChI=1S/C15H23N3O2S/c16-14(19)10-18(12-4-1-2-5-12)11-15(20)17-8-7-13-6-3-9-21-13/h3,6,9,12H,1-2,4-5,7-8,10-11H2,(H2,16,19)(H,17,20). The summed E-state index contributed by atoms with van der Waals surface area (Å²) in [6, 6.07) is 4.39. The second kappa shape index (κ2) is 8.14. The lowest BCUT2D eigenvalue weighted by atomic mass is 10.2. The average molecular weight is 309 g/mol. The molecule has 2 amide bonds. The van der Waals surface area contributed by atoms with Crippen LogP contribution in [0.3, 0.4) is 0 Å². The SMILES string of the molecule is NC(=O)CN(CC(=O)NCCc1cccs1)C1CCCC1. The van der Waals surface area contributed by atoms with Crippen LogP contribution in [0.2, 0.25) is 0 Å². The van der Waals surface area contributed by atoms with E-state index >= 15 is 0 Å². The Morgan fingerprint density at radius 3 is 2.71 bits per heavy atom. The van der Waals surface area contributed by atoms with Crippen LogP contribution in [0.5, 0.6) is 0 Å². The smallest absolute Gasteiger partial charge is 0.234 e. The highest BCUT2D eigenvalue weighted by atomic mass is 32.1. The molecule has 1 aromatic heterocycles. The molecule has 21 heavy (non-hydrogen) atoms. The van der Waals surface area contributed by atoms with E-state index < -0.39 is 0 Å². The molecular weight excluding hydrogens is 286 g/mol. The minimum atomic E-state index is -0.367. The highest BCUT2D eigenvalue weighted by Gasteiger charge is 2.25. The van der Waals surface area contributed by atoms with E-state index in [2.05, 4.69) is 11.4 Å². The molecule has 1 saturated carbocycles. The van der Waals surface area contributed by atoms with Gasteiger partial charge in [-0.25, -0.2) is 0 Å². The molecule has 5 nitrogen and oxygen atoms in total. The van der Waals surface area contributed by atoms with Crippen LogP contribution < -0.4 is 11.1 Å². The topological polar surface area (TPSA) is 75.4 Å². The van der Waals surface area contributed by atoms with Gasteiger partial charge in [0.1, 0.15) is 0 Å². The number of amides is 2. The third kappa shape index (κ3) is 5.47. The Morgan fingerprint density at radius 1 is 1.33 bits per heavy atom. The van der Waals surface area contributed by atoms with E-state index in [-0.39, 0.29) is 24.9 Å². The number of carbonyl (C=O) groups excluding carboxylic acids is 2. The molecule has 0 saturated heterocycles. The molecule has 2 rings (SSSR count). The number of rotatable bonds is 8. The Labute approximate surface area is 129 Å². The molecule has 1 heterocycles. The van der Waals surface area contributed by atoms with Gasteiger partial charge < -0.3 is 11.1 Å². The summed E-state index contributed by atoms with van der Waals surface area (Å²) in [6.07, 6.45) is 5.29. The predicted octanol–water partition coefficient (Wildman–Crippen LogP) is 1.14. The summed E-state index contributed by atoms with van der Waals surface area (Å²) in [5.41, 5.74) is 5.29. The zero-order chi connectivity index (χ0) is 15.1. The van der Waals surface area contributed by atoms with Gasteiger partial charge in [0.05, 0.1) is 13.1 Å². The molecule has 0 bridgehead atoms. The van der Waals surface area contributed by atoms with E-state index in [0.29, 0.717) is 12.6 Å². The molecule has 116 valence electrons. The first-order chi connectivity index (χ1) is 10.1. The Kier molecular flexibility index (Phi) is 6.20. The number of primary amides is 1. The average Bonchev–Trinajstić information content (AvgIpc) is 3.10.